The molecule has 0 aromatic heterocycles. The van der Waals surface area contributed by atoms with Gasteiger partial charge in [0.25, 0.3) is 0 Å². The third-order valence-electron chi connectivity index (χ3n) is 9.11. The summed E-state index contributed by atoms with van der Waals surface area (Å²) in [6, 6.07) is -2.88. The number of Topliss-reactive ketones (excluding diaryl/α,β-unsaturated/α-hetero) is 1. The Labute approximate surface area is 343 Å². The Hall–Kier alpha value is -4.52. The summed E-state index contributed by atoms with van der Waals surface area (Å²) in [6.45, 7) is 30.2. The Morgan fingerprint density at radius 3 is 1.83 bits per heavy atom. The number of nitrogens with one attached hydrogen (secondary N) is 1. The SMILES string of the molecule is CCOC(=O)/C=C1\CN2/C(=N\C(=O)OC(C)(C)C)N(C(=O)OC(C)(C)C)[C@@H](CO[Si](C)(C)C(C)(C)C)[C@@H]3N=C(NC(=O)OC(C)(C)C)N(C(=O)OC(C)(C)C)[C@@]32C1=O. The lowest BCUT2D eigenvalue weighted by Crippen LogP contribution is -2.79. The summed E-state index contributed by atoms with van der Waals surface area (Å²) in [6.07, 6.45) is -3.37. The number of guanidine groups is 2. The molecule has 3 aliphatic rings. The van der Waals surface area contributed by atoms with Crippen LogP contribution >= 0.6 is 0 Å². The highest BCUT2D eigenvalue weighted by Gasteiger charge is 2.74. The second-order valence-electron chi connectivity index (χ2n) is 19.8. The van der Waals surface area contributed by atoms with Gasteiger partial charge in [0.15, 0.2) is 8.32 Å². The fourth-order valence-corrected chi connectivity index (χ4v) is 6.97. The molecule has 1 spiro atoms. The van der Waals surface area contributed by atoms with Crippen molar-refractivity contribution in [3.05, 3.63) is 11.6 Å². The molecule has 0 saturated carbocycles. The zero-order valence-electron chi connectivity index (χ0n) is 37.5. The first-order valence-corrected chi connectivity index (χ1v) is 22.2. The Morgan fingerprint density at radius 1 is 0.828 bits per heavy atom. The highest BCUT2D eigenvalue weighted by molar-refractivity contribution is 6.74. The zero-order chi connectivity index (χ0) is 44.8. The van der Waals surface area contributed by atoms with Gasteiger partial charge in [-0.25, -0.2) is 38.8 Å². The smallest absolute Gasteiger partial charge is 0.437 e. The minimum atomic E-state index is -2.69. The van der Waals surface area contributed by atoms with E-state index in [9.17, 15) is 24.0 Å². The molecule has 18 nitrogen and oxygen atoms in total. The lowest BCUT2D eigenvalue weighted by molar-refractivity contribution is -0.137. The summed E-state index contributed by atoms with van der Waals surface area (Å²) < 4.78 is 34.8. The lowest BCUT2D eigenvalue weighted by atomic mass is 9.86. The Kier molecular flexibility index (Phi) is 13.4. The number of ketones is 1. The highest BCUT2D eigenvalue weighted by atomic mass is 28.4. The fraction of sp³-hybridized carbons (Fsp3) is 0.744. The van der Waals surface area contributed by atoms with Crippen molar-refractivity contribution in [1.29, 1.82) is 0 Å². The van der Waals surface area contributed by atoms with Gasteiger partial charge in [0, 0.05) is 11.6 Å². The van der Waals surface area contributed by atoms with E-state index in [0.29, 0.717) is 0 Å². The van der Waals surface area contributed by atoms with E-state index in [2.05, 4.69) is 10.3 Å². The van der Waals surface area contributed by atoms with Crippen molar-refractivity contribution in [3.8, 4) is 0 Å². The van der Waals surface area contributed by atoms with Crippen LogP contribution in [0.5, 0.6) is 0 Å². The Balaban J connectivity index is 2.60. The number of esters is 1. The molecular formula is C39H64N6O12Si. The standard InChI is InChI=1S/C39H64N6O12Si/c1-19-52-25(46)20-23-21-43-29(42-31(49)55-35(5,6)7)44(32(50)56-36(8,9)10)24(22-53-58(17,18)38(14,15)16)26-39(43,27(23)47)45(33(51)57-37(11,12)13)28(40-26)41-30(48)54-34(2,3)4/h20,24,26H,19,21-22H2,1-18H3,(H,40,41,48)/b23-20+,42-29+/t24-,26-,39+/m0/s1. The highest BCUT2D eigenvalue weighted by Crippen LogP contribution is 2.48. The lowest BCUT2D eigenvalue weighted by Gasteiger charge is -2.53. The molecule has 326 valence electrons. The van der Waals surface area contributed by atoms with E-state index in [-0.39, 0.29) is 23.8 Å². The van der Waals surface area contributed by atoms with Gasteiger partial charge in [-0.1, -0.05) is 20.8 Å². The largest absolute Gasteiger partial charge is 0.463 e. The fourth-order valence-electron chi connectivity index (χ4n) is 5.95. The van der Waals surface area contributed by atoms with Crippen molar-refractivity contribution in [2.24, 2.45) is 9.98 Å². The maximum absolute atomic E-state index is 15.4. The van der Waals surface area contributed by atoms with Gasteiger partial charge in [0.05, 0.1) is 25.8 Å². The molecule has 3 rings (SSSR count). The van der Waals surface area contributed by atoms with E-state index in [4.69, 9.17) is 33.1 Å². The summed E-state index contributed by atoms with van der Waals surface area (Å²) in [5.41, 5.74) is -6.89. The summed E-state index contributed by atoms with van der Waals surface area (Å²) in [7, 11) is -2.69. The minimum absolute atomic E-state index is 0.0178. The first kappa shape index (κ1) is 47.8. The Bertz CT molecular complexity index is 1760. The number of rotatable bonds is 5. The van der Waals surface area contributed by atoms with Crippen LogP contribution in [0.1, 0.15) is 111 Å². The number of nitrogens with zero attached hydrogens (tertiary/aromatic N) is 5. The molecule has 1 N–H and O–H groups in total. The second-order valence-corrected chi connectivity index (χ2v) is 24.6. The predicted molar refractivity (Wildman–Crippen MR) is 217 cm³/mol. The molecule has 2 fully saturated rings. The van der Waals surface area contributed by atoms with Gasteiger partial charge in [-0.2, -0.15) is 0 Å². The average Bonchev–Trinajstić information content (AvgIpc) is 3.45. The van der Waals surface area contributed by atoms with Gasteiger partial charge in [0.1, 0.15) is 28.4 Å². The molecule has 3 aliphatic heterocycles. The van der Waals surface area contributed by atoms with Gasteiger partial charge < -0.3 is 33.0 Å². The van der Waals surface area contributed by atoms with Crippen molar-refractivity contribution in [3.63, 3.8) is 0 Å². The monoisotopic (exact) mass is 836 g/mol. The number of alkyl carbamates (subject to hydrolysis) is 1. The molecule has 3 heterocycles. The topological polar surface area (TPSA) is 204 Å². The molecule has 0 unspecified atom stereocenters. The van der Waals surface area contributed by atoms with Crippen LogP contribution in [0.25, 0.3) is 0 Å². The molecule has 0 radical (unpaired) electrons. The predicted octanol–water partition coefficient (Wildman–Crippen LogP) is 6.49. The number of amides is 4. The van der Waals surface area contributed by atoms with Crippen LogP contribution in [-0.4, -0.2) is 131 Å². The van der Waals surface area contributed by atoms with Gasteiger partial charge in [-0.05, 0) is 108 Å². The molecule has 2 saturated heterocycles. The van der Waals surface area contributed by atoms with E-state index in [1.54, 1.807) is 90.0 Å². The molecule has 0 aromatic carbocycles. The van der Waals surface area contributed by atoms with Crippen LogP contribution in [-0.2, 0) is 37.7 Å². The quantitative estimate of drug-likeness (QED) is 0.136. The molecule has 0 aromatic rings. The number of hydrogen-bond donors (Lipinski definition) is 1. The summed E-state index contributed by atoms with van der Waals surface area (Å²) in [5, 5.41) is 2.18. The third kappa shape index (κ3) is 10.9. The van der Waals surface area contributed by atoms with Crippen molar-refractivity contribution in [2.75, 3.05) is 19.8 Å². The van der Waals surface area contributed by atoms with Crippen molar-refractivity contribution < 1.29 is 56.9 Å². The van der Waals surface area contributed by atoms with Gasteiger partial charge in [-0.15, -0.1) is 4.99 Å². The van der Waals surface area contributed by atoms with E-state index in [0.717, 1.165) is 15.9 Å². The van der Waals surface area contributed by atoms with Crippen LogP contribution < -0.4 is 5.32 Å². The Morgan fingerprint density at radius 2 is 1.34 bits per heavy atom. The third-order valence-corrected chi connectivity index (χ3v) is 13.6. The molecule has 19 heteroatoms. The maximum Gasteiger partial charge on any atom is 0.437 e. The average molecular weight is 837 g/mol. The van der Waals surface area contributed by atoms with Crippen LogP contribution in [0.4, 0.5) is 19.2 Å². The second kappa shape index (κ2) is 16.3. The summed E-state index contributed by atoms with van der Waals surface area (Å²) in [5.74, 6) is -2.70. The number of ether oxygens (including phenoxy) is 5. The molecular weight excluding hydrogens is 773 g/mol. The number of aliphatic imine (C=N–C) groups is 2. The van der Waals surface area contributed by atoms with Crippen molar-refractivity contribution >= 4 is 56.4 Å². The first-order valence-electron chi connectivity index (χ1n) is 19.3. The molecule has 3 atom stereocenters. The first-order chi connectivity index (χ1) is 26.0. The molecule has 0 bridgehead atoms. The van der Waals surface area contributed by atoms with Crippen LogP contribution in [0.2, 0.25) is 18.1 Å². The molecule has 4 amide bonds. The van der Waals surface area contributed by atoms with Gasteiger partial charge in [0.2, 0.25) is 23.4 Å². The number of carbonyl (C=O) groups excluding carboxylic acids is 6. The van der Waals surface area contributed by atoms with Crippen LogP contribution in [0, 0.1) is 0 Å². The molecule has 0 aliphatic carbocycles. The van der Waals surface area contributed by atoms with E-state index in [1.807, 2.05) is 33.9 Å². The van der Waals surface area contributed by atoms with Crippen LogP contribution in [0.15, 0.2) is 21.6 Å². The van der Waals surface area contributed by atoms with Gasteiger partial charge in [-0.3, -0.25) is 10.1 Å². The van der Waals surface area contributed by atoms with Crippen molar-refractivity contribution in [2.45, 2.75) is 169 Å². The summed E-state index contributed by atoms with van der Waals surface area (Å²) >= 11 is 0. The van der Waals surface area contributed by atoms with Gasteiger partial charge >= 0.3 is 30.3 Å². The summed E-state index contributed by atoms with van der Waals surface area (Å²) in [4.78, 5) is 97.2. The number of hydrogen-bond acceptors (Lipinski definition) is 13. The van der Waals surface area contributed by atoms with E-state index < -0.39 is 103 Å². The molecule has 58 heavy (non-hydrogen) atoms. The van der Waals surface area contributed by atoms with Crippen LogP contribution in [0.3, 0.4) is 0 Å². The van der Waals surface area contributed by atoms with Crippen molar-refractivity contribution in [1.82, 2.24) is 20.0 Å². The number of carbonyl (C=O) groups is 6. The zero-order valence-corrected chi connectivity index (χ0v) is 38.5. The maximum atomic E-state index is 15.4. The van der Waals surface area contributed by atoms with E-state index >= 15 is 4.79 Å². The van der Waals surface area contributed by atoms with E-state index in [1.165, 1.54) is 4.90 Å². The normalized spacial score (nSPS) is 23.0. The minimum Gasteiger partial charge on any atom is -0.463 e.